The third-order valence-corrected chi connectivity index (χ3v) is 0.304. The van der Waals surface area contributed by atoms with Gasteiger partial charge in [-0.3, -0.25) is 6.58 Å². The fourth-order valence-electron chi connectivity index (χ4n) is 0.111. The Kier molecular flexibility index (Phi) is 134. The van der Waals surface area contributed by atoms with E-state index in [1.807, 2.05) is 13.0 Å². The summed E-state index contributed by atoms with van der Waals surface area (Å²) in [5.74, 6) is 0. The van der Waals surface area contributed by atoms with Crippen LogP contribution < -0.4 is 0 Å². The standard InChI is InChI=1S/C5H7.3C3H5.Nd/c1-3-5-4-2;3*1-3-2;/h1,3-5H,2H3;3*3H,1-2H2;/q4*-1;. The summed E-state index contributed by atoms with van der Waals surface area (Å²) in [4.78, 5) is 0. The van der Waals surface area contributed by atoms with E-state index in [9.17, 15) is 0 Å². The number of hydrogen-bond donors (Lipinski definition) is 0. The minimum Gasteiger partial charge on any atom is -0.293 e. The Morgan fingerprint density at radius 2 is 1.13 bits per heavy atom. The van der Waals surface area contributed by atoms with Crippen LogP contribution in [0.15, 0.2) is 56.2 Å². The van der Waals surface area contributed by atoms with Gasteiger partial charge in [0.2, 0.25) is 0 Å². The molecule has 0 aromatic rings. The fraction of sp³-hybridized carbons (Fsp3) is 0.0714. The van der Waals surface area contributed by atoms with E-state index in [-0.39, 0.29) is 40.8 Å². The van der Waals surface area contributed by atoms with Crippen molar-refractivity contribution in [2.75, 3.05) is 0 Å². The summed E-state index contributed by atoms with van der Waals surface area (Å²) in [5, 5.41) is 0. The molecule has 0 radical (unpaired) electrons. The molecular weight excluding hydrogens is 312 g/mol. The molecule has 1 heteroatoms. The zero-order chi connectivity index (χ0) is 12.2. The largest absolute Gasteiger partial charge is 0.293 e. The van der Waals surface area contributed by atoms with E-state index in [1.165, 1.54) is 24.3 Å². The topological polar surface area (TPSA) is 0 Å². The zero-order valence-electron chi connectivity index (χ0n) is 9.78. The van der Waals surface area contributed by atoms with E-state index in [0.29, 0.717) is 0 Å². The number of hydrogen-bond acceptors (Lipinski definition) is 0. The smallest absolute Gasteiger partial charge is 0 e. The van der Waals surface area contributed by atoms with Crippen molar-refractivity contribution < 1.29 is 40.8 Å². The quantitative estimate of drug-likeness (QED) is 0.487. The molecule has 0 nitrogen and oxygen atoms in total. The van der Waals surface area contributed by atoms with Gasteiger partial charge in [-0.25, -0.2) is 70.9 Å². The predicted octanol–water partition coefficient (Wildman–Crippen LogP) is 4.57. The molecule has 0 spiro atoms. The molecule has 86 valence electrons. The third-order valence-electron chi connectivity index (χ3n) is 0.304. The molecule has 0 heterocycles. The molecule has 0 aliphatic rings. The summed E-state index contributed by atoms with van der Waals surface area (Å²) in [6.45, 7) is 26.3. The molecule has 0 amide bonds. The molecule has 0 saturated heterocycles. The van der Waals surface area contributed by atoms with Crippen LogP contribution in [-0.2, 0) is 0 Å². The van der Waals surface area contributed by atoms with Crippen LogP contribution in [0.4, 0.5) is 0 Å². The van der Waals surface area contributed by atoms with Gasteiger partial charge in [0.1, 0.15) is 0 Å². The van der Waals surface area contributed by atoms with E-state index in [1.54, 1.807) is 6.08 Å². The van der Waals surface area contributed by atoms with Gasteiger partial charge >= 0.3 is 0 Å². The first-order valence-corrected chi connectivity index (χ1v) is 4.03. The molecule has 0 N–H and O–H groups in total. The Morgan fingerprint density at radius 3 is 1.13 bits per heavy atom. The second-order valence-corrected chi connectivity index (χ2v) is 1.58. The number of allylic oxidation sites excluding steroid dienone is 6. The van der Waals surface area contributed by atoms with E-state index >= 15 is 0 Å². The van der Waals surface area contributed by atoms with Gasteiger partial charge in [-0.15, -0.1) is 0 Å². The zero-order valence-corrected chi connectivity index (χ0v) is 13.0. The van der Waals surface area contributed by atoms with E-state index in [0.717, 1.165) is 0 Å². The van der Waals surface area contributed by atoms with Crippen LogP contribution in [-0.4, -0.2) is 0 Å². The predicted molar refractivity (Wildman–Crippen MR) is 70.3 cm³/mol. The summed E-state index contributed by atoms with van der Waals surface area (Å²) >= 11 is 0. The Hall–Kier alpha value is -0.339. The Labute approximate surface area is 130 Å². The normalized spacial score (nSPS) is 5.40. The molecule has 0 aromatic carbocycles. The maximum atomic E-state index is 4.93. The monoisotopic (exact) mass is 332 g/mol. The van der Waals surface area contributed by atoms with Crippen molar-refractivity contribution in [2.24, 2.45) is 0 Å². The minimum absolute atomic E-state index is 0. The first-order valence-electron chi connectivity index (χ1n) is 4.03. The van der Waals surface area contributed by atoms with Gasteiger partial charge in [-0.05, 0) is 0 Å². The van der Waals surface area contributed by atoms with Crippen LogP contribution in [0, 0.1) is 68.2 Å². The molecule has 15 heavy (non-hydrogen) atoms. The van der Waals surface area contributed by atoms with Gasteiger partial charge in [0.25, 0.3) is 0 Å². The summed E-state index contributed by atoms with van der Waals surface area (Å²) in [6.07, 6.45) is 9.65. The van der Waals surface area contributed by atoms with Gasteiger partial charge < -0.3 is 0 Å². The molecule has 0 aliphatic heterocycles. The molecule has 0 aliphatic carbocycles. The molecule has 0 fully saturated rings. The second kappa shape index (κ2) is 68.3. The van der Waals surface area contributed by atoms with Crippen LogP contribution in [0.1, 0.15) is 6.92 Å². The SMILES string of the molecule is C=C[CH2-].C=C[CH2-].C=C[CH2-].[CH-]=CC=CC.[Nd]. The molecule has 0 bridgehead atoms. The van der Waals surface area contributed by atoms with Crippen LogP contribution in [0.25, 0.3) is 0 Å². The fourth-order valence-corrected chi connectivity index (χ4v) is 0.111. The molecule has 0 aromatic heterocycles. The molecule has 0 atom stereocenters. The average Bonchev–Trinajstić information content (AvgIpc) is 2.09. The average molecular weight is 335 g/mol. The molecule has 0 rings (SSSR count). The van der Waals surface area contributed by atoms with E-state index in [4.69, 9.17) is 6.58 Å². The minimum atomic E-state index is 0. The van der Waals surface area contributed by atoms with E-state index < -0.39 is 0 Å². The number of rotatable bonds is 1. The second-order valence-electron chi connectivity index (χ2n) is 1.58. The summed E-state index contributed by atoms with van der Waals surface area (Å²) < 4.78 is 0. The van der Waals surface area contributed by atoms with Crippen LogP contribution in [0.2, 0.25) is 0 Å². The Bertz CT molecular complexity index is 118. The van der Waals surface area contributed by atoms with Gasteiger partial charge in [-0.1, -0.05) is 6.92 Å². The van der Waals surface area contributed by atoms with Gasteiger partial charge in [-0.2, -0.15) is 6.08 Å². The molecule has 0 unspecified atom stereocenters. The van der Waals surface area contributed by atoms with Gasteiger partial charge in [0.05, 0.1) is 0 Å². The van der Waals surface area contributed by atoms with E-state index in [2.05, 4.69) is 40.5 Å². The molecule has 0 saturated carbocycles. The van der Waals surface area contributed by atoms with Gasteiger partial charge in [0.15, 0.2) is 0 Å². The first kappa shape index (κ1) is 29.3. The Morgan fingerprint density at radius 1 is 0.933 bits per heavy atom. The van der Waals surface area contributed by atoms with Crippen molar-refractivity contribution in [1.82, 2.24) is 0 Å². The van der Waals surface area contributed by atoms with Crippen molar-refractivity contribution in [3.8, 4) is 0 Å². The maximum Gasteiger partial charge on any atom is 0 e. The van der Waals surface area contributed by atoms with Crippen molar-refractivity contribution >= 4 is 0 Å². The summed E-state index contributed by atoms with van der Waals surface area (Å²) in [5.41, 5.74) is 0. The molecular formula is C14H22Nd-4. The maximum absolute atomic E-state index is 4.93. The van der Waals surface area contributed by atoms with Crippen molar-refractivity contribution in [3.05, 3.63) is 83.5 Å². The Balaban J connectivity index is -0.0000000300. The third kappa shape index (κ3) is 674. The van der Waals surface area contributed by atoms with Gasteiger partial charge in [0, 0.05) is 40.8 Å². The van der Waals surface area contributed by atoms with Crippen LogP contribution >= 0.6 is 0 Å². The summed E-state index contributed by atoms with van der Waals surface area (Å²) in [6, 6.07) is 0. The first-order chi connectivity index (χ1) is 6.66. The summed E-state index contributed by atoms with van der Waals surface area (Å²) in [7, 11) is 0. The van der Waals surface area contributed by atoms with Crippen LogP contribution in [0.5, 0.6) is 0 Å². The van der Waals surface area contributed by atoms with Crippen molar-refractivity contribution in [3.63, 3.8) is 0 Å². The van der Waals surface area contributed by atoms with Crippen molar-refractivity contribution in [1.29, 1.82) is 0 Å². The van der Waals surface area contributed by atoms with Crippen molar-refractivity contribution in [2.45, 2.75) is 6.92 Å². The van der Waals surface area contributed by atoms with Crippen LogP contribution in [0.3, 0.4) is 0 Å².